The van der Waals surface area contributed by atoms with Crippen molar-refractivity contribution in [3.8, 4) is 0 Å². The minimum absolute atomic E-state index is 0.0389. The molecule has 1 aliphatic heterocycles. The molecule has 1 atom stereocenters. The number of hydrogen-bond acceptors (Lipinski definition) is 4. The molecule has 1 aliphatic carbocycles. The lowest BCUT2D eigenvalue weighted by molar-refractivity contribution is 0.0414. The fraction of sp³-hybridized carbons (Fsp3) is 0.522. The normalized spacial score (nSPS) is 18.7. The van der Waals surface area contributed by atoms with Gasteiger partial charge in [-0.1, -0.05) is 40.3 Å². The molecule has 1 aromatic carbocycles. The number of carbonyl (C=O) groups excluding carboxylic acids is 2. The maximum Gasteiger partial charge on any atom is 0.409 e. The molecule has 1 fully saturated rings. The van der Waals surface area contributed by atoms with Crippen LogP contribution in [0.1, 0.15) is 47.8 Å². The van der Waals surface area contributed by atoms with E-state index < -0.39 is 0 Å². The van der Waals surface area contributed by atoms with Crippen molar-refractivity contribution in [3.05, 3.63) is 40.0 Å². The summed E-state index contributed by atoms with van der Waals surface area (Å²) < 4.78 is 6.27. The number of alkyl halides is 1. The summed E-state index contributed by atoms with van der Waals surface area (Å²) in [6.07, 6.45) is 4.74. The molecule has 1 aromatic heterocycles. The van der Waals surface area contributed by atoms with Gasteiger partial charge in [-0.15, -0.1) is 0 Å². The number of piperazine rings is 1. The Bertz CT molecular complexity index is 1000. The van der Waals surface area contributed by atoms with E-state index in [1.54, 1.807) is 4.90 Å². The van der Waals surface area contributed by atoms with Gasteiger partial charge in [-0.3, -0.25) is 9.78 Å². The Labute approximate surface area is 201 Å². The van der Waals surface area contributed by atoms with Crippen LogP contribution in [0.15, 0.2) is 18.2 Å². The topological polar surface area (TPSA) is 62.7 Å². The minimum Gasteiger partial charge on any atom is -0.449 e. The number of rotatable bonds is 4. The molecule has 2 aliphatic rings. The lowest BCUT2D eigenvalue weighted by Crippen LogP contribution is -2.55. The molecule has 0 spiro atoms. The number of amides is 2. The highest BCUT2D eigenvalue weighted by Crippen LogP contribution is 2.33. The highest BCUT2D eigenvalue weighted by Gasteiger charge is 2.31. The SMILES string of the molecule is C[C@@H]1CN(C(=O)OCCCI)CCN1C(=O)c1ccc2c(Cl)c3c(nc2c1)CCCC3. The number of pyridine rings is 1. The van der Waals surface area contributed by atoms with Crippen molar-refractivity contribution in [2.24, 2.45) is 0 Å². The molecule has 0 saturated carbocycles. The summed E-state index contributed by atoms with van der Waals surface area (Å²) in [5.74, 6) is -0.0389. The van der Waals surface area contributed by atoms with Crippen LogP contribution in [-0.2, 0) is 17.6 Å². The third-order valence-corrected chi connectivity index (χ3v) is 7.28. The quantitative estimate of drug-likeness (QED) is 0.307. The molecule has 2 heterocycles. The van der Waals surface area contributed by atoms with Gasteiger partial charge < -0.3 is 14.5 Å². The van der Waals surface area contributed by atoms with Crippen LogP contribution in [0.2, 0.25) is 5.02 Å². The number of carbonyl (C=O) groups is 2. The van der Waals surface area contributed by atoms with Crippen LogP contribution in [0.25, 0.3) is 10.9 Å². The third-order valence-electron chi connectivity index (χ3n) is 6.09. The van der Waals surface area contributed by atoms with Gasteiger partial charge >= 0.3 is 6.09 Å². The van der Waals surface area contributed by atoms with Crippen molar-refractivity contribution in [1.29, 1.82) is 0 Å². The van der Waals surface area contributed by atoms with E-state index in [1.807, 2.05) is 30.0 Å². The number of hydrogen-bond donors (Lipinski definition) is 0. The number of nitrogens with zero attached hydrogens (tertiary/aromatic N) is 3. The Hall–Kier alpha value is -1.61. The zero-order chi connectivity index (χ0) is 22.0. The van der Waals surface area contributed by atoms with E-state index in [2.05, 4.69) is 22.6 Å². The number of benzene rings is 1. The number of aromatic nitrogens is 1. The summed E-state index contributed by atoms with van der Waals surface area (Å²) in [7, 11) is 0. The van der Waals surface area contributed by atoms with Crippen LogP contribution in [0, 0.1) is 0 Å². The number of halogens is 2. The second kappa shape index (κ2) is 9.90. The zero-order valence-electron chi connectivity index (χ0n) is 17.7. The van der Waals surface area contributed by atoms with Crippen molar-refractivity contribution >= 4 is 57.1 Å². The molecule has 2 amide bonds. The van der Waals surface area contributed by atoms with Gasteiger partial charge in [0.15, 0.2) is 0 Å². The monoisotopic (exact) mass is 555 g/mol. The van der Waals surface area contributed by atoms with E-state index in [-0.39, 0.29) is 18.0 Å². The molecule has 0 bridgehead atoms. The van der Waals surface area contributed by atoms with Gasteiger partial charge in [0.2, 0.25) is 0 Å². The molecule has 166 valence electrons. The second-order valence-electron chi connectivity index (χ2n) is 8.24. The largest absolute Gasteiger partial charge is 0.449 e. The van der Waals surface area contributed by atoms with Gasteiger partial charge in [-0.05, 0) is 56.7 Å². The van der Waals surface area contributed by atoms with E-state index in [4.69, 9.17) is 21.3 Å². The third kappa shape index (κ3) is 4.77. The zero-order valence-corrected chi connectivity index (χ0v) is 20.6. The summed E-state index contributed by atoms with van der Waals surface area (Å²) >= 11 is 8.93. The van der Waals surface area contributed by atoms with Gasteiger partial charge in [0.1, 0.15) is 0 Å². The number of fused-ring (bicyclic) bond motifs is 2. The minimum atomic E-state index is -0.293. The van der Waals surface area contributed by atoms with Crippen LogP contribution in [-0.4, -0.2) is 63.5 Å². The molecule has 0 radical (unpaired) electrons. The first-order valence-corrected chi connectivity index (χ1v) is 12.8. The molecule has 2 aromatic rings. The summed E-state index contributed by atoms with van der Waals surface area (Å²) in [5.41, 5.74) is 3.62. The van der Waals surface area contributed by atoms with Crippen molar-refractivity contribution in [2.45, 2.75) is 45.1 Å². The molecular weight excluding hydrogens is 529 g/mol. The summed E-state index contributed by atoms with van der Waals surface area (Å²) in [4.78, 5) is 33.8. The van der Waals surface area contributed by atoms with E-state index in [1.165, 1.54) is 0 Å². The fourth-order valence-corrected chi connectivity index (χ4v) is 5.07. The van der Waals surface area contributed by atoms with Crippen LogP contribution >= 0.6 is 34.2 Å². The van der Waals surface area contributed by atoms with Gasteiger partial charge in [0.05, 0.1) is 17.1 Å². The molecule has 1 saturated heterocycles. The average molecular weight is 556 g/mol. The van der Waals surface area contributed by atoms with Crippen molar-refractivity contribution in [2.75, 3.05) is 30.7 Å². The Morgan fingerprint density at radius 1 is 1.26 bits per heavy atom. The van der Waals surface area contributed by atoms with Crippen molar-refractivity contribution in [1.82, 2.24) is 14.8 Å². The summed E-state index contributed by atoms with van der Waals surface area (Å²) in [5, 5.41) is 1.69. The highest BCUT2D eigenvalue weighted by molar-refractivity contribution is 14.1. The molecule has 6 nitrogen and oxygen atoms in total. The van der Waals surface area contributed by atoms with Gasteiger partial charge in [0, 0.05) is 46.7 Å². The first kappa shape index (κ1) is 22.6. The molecule has 8 heteroatoms. The molecule has 31 heavy (non-hydrogen) atoms. The fourth-order valence-electron chi connectivity index (χ4n) is 4.40. The maximum absolute atomic E-state index is 13.2. The number of ether oxygens (including phenoxy) is 1. The summed E-state index contributed by atoms with van der Waals surface area (Å²) in [6, 6.07) is 5.52. The summed E-state index contributed by atoms with van der Waals surface area (Å²) in [6.45, 7) is 3.84. The smallest absolute Gasteiger partial charge is 0.409 e. The first-order valence-electron chi connectivity index (χ1n) is 10.9. The highest BCUT2D eigenvalue weighted by atomic mass is 127. The molecule has 0 N–H and O–H groups in total. The van der Waals surface area contributed by atoms with Crippen LogP contribution in [0.3, 0.4) is 0 Å². The second-order valence-corrected chi connectivity index (χ2v) is 9.70. The van der Waals surface area contributed by atoms with Crippen molar-refractivity contribution < 1.29 is 14.3 Å². The Morgan fingerprint density at radius 2 is 2.06 bits per heavy atom. The van der Waals surface area contributed by atoms with Crippen LogP contribution < -0.4 is 0 Å². The van der Waals surface area contributed by atoms with Gasteiger partial charge in [-0.25, -0.2) is 4.79 Å². The maximum atomic E-state index is 13.2. The first-order chi connectivity index (χ1) is 15.0. The average Bonchev–Trinajstić information content (AvgIpc) is 2.78. The van der Waals surface area contributed by atoms with Crippen LogP contribution in [0.5, 0.6) is 0 Å². The molecule has 4 rings (SSSR count). The molecular formula is C23H27ClIN3O3. The lowest BCUT2D eigenvalue weighted by Gasteiger charge is -2.39. The van der Waals surface area contributed by atoms with Gasteiger partial charge in [0.25, 0.3) is 5.91 Å². The van der Waals surface area contributed by atoms with E-state index in [0.29, 0.717) is 31.8 Å². The Morgan fingerprint density at radius 3 is 2.84 bits per heavy atom. The lowest BCUT2D eigenvalue weighted by atomic mass is 9.94. The van der Waals surface area contributed by atoms with E-state index in [9.17, 15) is 9.59 Å². The van der Waals surface area contributed by atoms with E-state index >= 15 is 0 Å². The Balaban J connectivity index is 1.49. The van der Waals surface area contributed by atoms with E-state index in [0.717, 1.165) is 63.7 Å². The Kier molecular flexibility index (Phi) is 7.21. The number of aryl methyl sites for hydroxylation is 1. The standard InChI is InChI=1S/C23H27ClIN3O3/c1-15-14-27(23(30)31-12-4-9-25)10-11-28(15)22(29)16-7-8-18-20(13-16)26-19-6-3-2-5-17(19)21(18)24/h7-8,13,15H,2-6,9-12,14H2,1H3/t15-/m1/s1. The molecule has 0 unspecified atom stereocenters. The van der Waals surface area contributed by atoms with Crippen LogP contribution in [0.4, 0.5) is 4.79 Å². The van der Waals surface area contributed by atoms with Crippen molar-refractivity contribution in [3.63, 3.8) is 0 Å². The van der Waals surface area contributed by atoms with Gasteiger partial charge in [-0.2, -0.15) is 0 Å². The predicted molar refractivity (Wildman–Crippen MR) is 130 cm³/mol. The predicted octanol–water partition coefficient (Wildman–Crippen LogP) is 4.88.